The summed E-state index contributed by atoms with van der Waals surface area (Å²) < 4.78 is 11.1. The number of nitrogens with zero attached hydrogens (tertiary/aromatic N) is 2. The largest absolute Gasteiger partial charge is 0.456 e. The molecule has 0 amide bonds. The van der Waals surface area contributed by atoms with Gasteiger partial charge in [-0.25, -0.2) is 0 Å². The molecule has 15 rings (SSSR count). The Balaban J connectivity index is 0.829. The molecular formula is C62H36N2O. The summed E-state index contributed by atoms with van der Waals surface area (Å²) in [6.07, 6.45) is 0. The van der Waals surface area contributed by atoms with Crippen LogP contribution in [-0.4, -0.2) is 9.13 Å². The maximum Gasteiger partial charge on any atom is 0.135 e. The Morgan fingerprint density at radius 1 is 0.277 bits per heavy atom. The lowest BCUT2D eigenvalue weighted by atomic mass is 9.97. The van der Waals surface area contributed by atoms with Gasteiger partial charge in [-0.15, -0.1) is 0 Å². The highest BCUT2D eigenvalue weighted by atomic mass is 16.3. The molecule has 3 aromatic heterocycles. The van der Waals surface area contributed by atoms with Crippen molar-refractivity contribution in [2.45, 2.75) is 0 Å². The molecule has 3 heterocycles. The maximum atomic E-state index is 6.17. The average Bonchev–Trinajstić information content (AvgIpc) is 4.11. The number of furan rings is 1. The third kappa shape index (κ3) is 4.84. The highest BCUT2D eigenvalue weighted by Gasteiger charge is 2.25. The lowest BCUT2D eigenvalue weighted by Gasteiger charge is -2.13. The van der Waals surface area contributed by atoms with Gasteiger partial charge in [0.15, 0.2) is 0 Å². The number of para-hydroxylation sites is 3. The smallest absolute Gasteiger partial charge is 0.135 e. The molecule has 14 aromatic rings. The number of hydrogen-bond acceptors (Lipinski definition) is 1. The molecule has 0 fully saturated rings. The normalized spacial score (nSPS) is 12.3. The first kappa shape index (κ1) is 34.9. The van der Waals surface area contributed by atoms with Crippen LogP contribution in [0.1, 0.15) is 0 Å². The molecule has 300 valence electrons. The van der Waals surface area contributed by atoms with Crippen LogP contribution >= 0.6 is 0 Å². The van der Waals surface area contributed by atoms with Crippen LogP contribution in [-0.2, 0) is 0 Å². The average molecular weight is 825 g/mol. The fraction of sp³-hybridized carbons (Fsp3) is 0. The van der Waals surface area contributed by atoms with E-state index in [0.29, 0.717) is 0 Å². The van der Waals surface area contributed by atoms with E-state index in [1.165, 1.54) is 115 Å². The highest BCUT2D eigenvalue weighted by Crippen LogP contribution is 2.50. The van der Waals surface area contributed by atoms with Crippen LogP contribution in [0.2, 0.25) is 0 Å². The Kier molecular flexibility index (Phi) is 6.95. The molecule has 1 aliphatic rings. The summed E-state index contributed by atoms with van der Waals surface area (Å²) in [6, 6.07) is 80.3. The van der Waals surface area contributed by atoms with Gasteiger partial charge in [-0.2, -0.15) is 0 Å². The van der Waals surface area contributed by atoms with E-state index in [-0.39, 0.29) is 0 Å². The minimum absolute atomic E-state index is 0.914. The van der Waals surface area contributed by atoms with Crippen molar-refractivity contribution >= 4 is 87.1 Å². The molecule has 0 N–H and O–H groups in total. The van der Waals surface area contributed by atoms with Crippen LogP contribution in [0, 0.1) is 0 Å². The molecule has 0 bridgehead atoms. The number of fused-ring (bicyclic) bond motifs is 14. The molecule has 3 nitrogen and oxygen atoms in total. The van der Waals surface area contributed by atoms with Gasteiger partial charge in [-0.05, 0) is 133 Å². The van der Waals surface area contributed by atoms with Crippen molar-refractivity contribution in [3.63, 3.8) is 0 Å². The molecule has 0 atom stereocenters. The second-order valence-corrected chi connectivity index (χ2v) is 17.6. The quantitative estimate of drug-likeness (QED) is 0.173. The summed E-state index contributed by atoms with van der Waals surface area (Å²) >= 11 is 0. The predicted molar refractivity (Wildman–Crippen MR) is 273 cm³/mol. The van der Waals surface area contributed by atoms with E-state index in [1.807, 2.05) is 12.1 Å². The Hall–Kier alpha value is -8.66. The van der Waals surface area contributed by atoms with E-state index in [9.17, 15) is 0 Å². The molecule has 0 radical (unpaired) electrons. The number of aromatic nitrogens is 2. The van der Waals surface area contributed by atoms with Crippen LogP contribution in [0.15, 0.2) is 223 Å². The summed E-state index contributed by atoms with van der Waals surface area (Å²) in [5, 5.41) is 12.5. The summed E-state index contributed by atoms with van der Waals surface area (Å²) in [5.74, 6) is 0. The monoisotopic (exact) mass is 824 g/mol. The fourth-order valence-corrected chi connectivity index (χ4v) is 11.4. The summed E-state index contributed by atoms with van der Waals surface area (Å²) in [7, 11) is 0. The summed E-state index contributed by atoms with van der Waals surface area (Å²) in [4.78, 5) is 0. The van der Waals surface area contributed by atoms with Crippen molar-refractivity contribution in [1.82, 2.24) is 9.13 Å². The Morgan fingerprint density at radius 3 is 1.75 bits per heavy atom. The molecule has 3 heteroatoms. The second-order valence-electron chi connectivity index (χ2n) is 17.6. The van der Waals surface area contributed by atoms with Crippen molar-refractivity contribution < 1.29 is 4.42 Å². The number of benzene rings is 11. The fourth-order valence-electron chi connectivity index (χ4n) is 11.4. The topological polar surface area (TPSA) is 23.0 Å². The SMILES string of the molecule is c1ccc2c(c1)ccc1c2c2ccccc2n1-c1ccc(-c2ccc3c(c2)-c2cccc4c(-n5c6ccccc6c6cc(-c7ccc8oc9ccccc9c8c7)ccc65)ccc-3c24)cc1. The van der Waals surface area contributed by atoms with Crippen LogP contribution in [0.4, 0.5) is 0 Å². The third-order valence-electron chi connectivity index (χ3n) is 14.3. The van der Waals surface area contributed by atoms with E-state index >= 15 is 0 Å². The second kappa shape index (κ2) is 12.9. The minimum Gasteiger partial charge on any atom is -0.456 e. The van der Waals surface area contributed by atoms with Crippen LogP contribution in [0.5, 0.6) is 0 Å². The third-order valence-corrected chi connectivity index (χ3v) is 14.3. The van der Waals surface area contributed by atoms with Crippen LogP contribution in [0.25, 0.3) is 143 Å². The maximum absolute atomic E-state index is 6.17. The van der Waals surface area contributed by atoms with Crippen molar-refractivity contribution in [2.75, 3.05) is 0 Å². The first-order chi connectivity index (χ1) is 32.2. The molecule has 0 unspecified atom stereocenters. The first-order valence-electron chi connectivity index (χ1n) is 22.4. The molecule has 1 aliphatic carbocycles. The van der Waals surface area contributed by atoms with Gasteiger partial charge in [0.2, 0.25) is 0 Å². The lowest BCUT2D eigenvalue weighted by Crippen LogP contribution is -1.95. The first-order valence-corrected chi connectivity index (χ1v) is 22.4. The molecule has 65 heavy (non-hydrogen) atoms. The van der Waals surface area contributed by atoms with E-state index in [4.69, 9.17) is 4.42 Å². The van der Waals surface area contributed by atoms with Gasteiger partial charge in [-0.1, -0.05) is 146 Å². The molecule has 0 aliphatic heterocycles. The van der Waals surface area contributed by atoms with Gasteiger partial charge in [0, 0.05) is 43.4 Å². The number of hydrogen-bond donors (Lipinski definition) is 0. The molecule has 0 saturated heterocycles. The lowest BCUT2D eigenvalue weighted by molar-refractivity contribution is 0.669. The van der Waals surface area contributed by atoms with Crippen molar-refractivity contribution in [3.05, 3.63) is 218 Å². The van der Waals surface area contributed by atoms with E-state index in [0.717, 1.165) is 27.6 Å². The summed E-state index contributed by atoms with van der Waals surface area (Å²) in [5.41, 5.74) is 19.0. The van der Waals surface area contributed by atoms with Crippen molar-refractivity contribution in [3.8, 4) is 55.9 Å². The molecular weight excluding hydrogens is 789 g/mol. The Bertz CT molecular complexity index is 4350. The van der Waals surface area contributed by atoms with Crippen molar-refractivity contribution in [2.24, 2.45) is 0 Å². The summed E-state index contributed by atoms with van der Waals surface area (Å²) in [6.45, 7) is 0. The zero-order chi connectivity index (χ0) is 42.3. The van der Waals surface area contributed by atoms with Gasteiger partial charge in [-0.3, -0.25) is 0 Å². The van der Waals surface area contributed by atoms with Gasteiger partial charge in [0.1, 0.15) is 11.2 Å². The van der Waals surface area contributed by atoms with Gasteiger partial charge >= 0.3 is 0 Å². The zero-order valence-corrected chi connectivity index (χ0v) is 35.1. The van der Waals surface area contributed by atoms with E-state index in [1.54, 1.807) is 0 Å². The van der Waals surface area contributed by atoms with Gasteiger partial charge < -0.3 is 13.6 Å². The van der Waals surface area contributed by atoms with Gasteiger partial charge in [0.25, 0.3) is 0 Å². The van der Waals surface area contributed by atoms with E-state index in [2.05, 4.69) is 215 Å². The molecule has 11 aromatic carbocycles. The van der Waals surface area contributed by atoms with Crippen LogP contribution < -0.4 is 0 Å². The minimum atomic E-state index is 0.914. The molecule has 0 spiro atoms. The highest BCUT2D eigenvalue weighted by molar-refractivity contribution is 6.22. The van der Waals surface area contributed by atoms with Crippen LogP contribution in [0.3, 0.4) is 0 Å². The van der Waals surface area contributed by atoms with E-state index < -0.39 is 0 Å². The number of rotatable bonds is 4. The predicted octanol–water partition coefficient (Wildman–Crippen LogP) is 17.1. The zero-order valence-electron chi connectivity index (χ0n) is 35.1. The van der Waals surface area contributed by atoms with Crippen molar-refractivity contribution in [1.29, 1.82) is 0 Å². The Labute approximate surface area is 373 Å². The van der Waals surface area contributed by atoms with Gasteiger partial charge in [0.05, 0.1) is 27.8 Å². The standard InChI is InChI=1S/C62H36N2O/c1-2-11-43-38(10-1)23-31-58-62(43)50-14-4-7-18-55(50)63(58)42-26-20-37(21-27-42)39-22-28-44-48-29-32-56(49-16-9-15-47(61(48)49)51(44)34-39)64-54-17-6-3-12-45(54)52-35-40(24-30-57(52)64)41-25-33-60-53(36-41)46-13-5-8-19-59(46)65-60/h1-36H. The Morgan fingerprint density at radius 2 is 0.877 bits per heavy atom. The molecule has 0 saturated carbocycles.